The second-order valence-corrected chi connectivity index (χ2v) is 6.20. The number of ether oxygens (including phenoxy) is 1. The van der Waals surface area contributed by atoms with Gasteiger partial charge in [0.15, 0.2) is 0 Å². The van der Waals surface area contributed by atoms with Crippen LogP contribution in [0.25, 0.3) is 10.9 Å². The van der Waals surface area contributed by atoms with Crippen molar-refractivity contribution in [3.8, 4) is 5.75 Å². The topological polar surface area (TPSA) is 59.2 Å². The number of nitrogens with one attached hydrogen (secondary N) is 1. The first-order valence-corrected chi connectivity index (χ1v) is 7.04. The maximum atomic E-state index is 11.0. The van der Waals surface area contributed by atoms with Gasteiger partial charge < -0.3 is 9.72 Å². The maximum absolute atomic E-state index is 11.0. The fraction of sp³-hybridized carbons (Fsp3) is 0.200. The van der Waals surface area contributed by atoms with Crippen molar-refractivity contribution < 1.29 is 13.2 Å². The minimum Gasteiger partial charge on any atom is -0.496 e. The van der Waals surface area contributed by atoms with Gasteiger partial charge in [-0.25, -0.2) is 8.42 Å². The first kappa shape index (κ1) is 11.3. The Bertz CT molecular complexity index is 618. The molecule has 4 nitrogen and oxygen atoms in total. The summed E-state index contributed by atoms with van der Waals surface area (Å²) in [6.45, 7) is 0. The van der Waals surface area contributed by atoms with E-state index >= 15 is 0 Å². The van der Waals surface area contributed by atoms with E-state index in [1.54, 1.807) is 25.4 Å². The van der Waals surface area contributed by atoms with Crippen LogP contribution in [0.1, 0.15) is 5.56 Å². The number of hydrogen-bond acceptors (Lipinski definition) is 3. The molecule has 0 aliphatic heterocycles. The third-order valence-corrected chi connectivity index (χ3v) is 3.26. The number of fused-ring (bicyclic) bond motifs is 1. The Morgan fingerprint density at radius 1 is 1.44 bits per heavy atom. The van der Waals surface area contributed by atoms with Crippen molar-refractivity contribution in [1.82, 2.24) is 4.98 Å². The zero-order chi connectivity index (χ0) is 11.8. The van der Waals surface area contributed by atoms with Crippen LogP contribution in [0.4, 0.5) is 0 Å². The Morgan fingerprint density at radius 3 is 2.81 bits per heavy atom. The molecule has 0 aliphatic carbocycles. The zero-order valence-corrected chi connectivity index (χ0v) is 10.1. The van der Waals surface area contributed by atoms with Gasteiger partial charge in [-0.2, -0.15) is 0 Å². The van der Waals surface area contributed by atoms with E-state index in [1.165, 1.54) is 0 Å². The number of H-pyrrole nitrogens is 1. The molecule has 0 amide bonds. The van der Waals surface area contributed by atoms with Crippen molar-refractivity contribution >= 4 is 30.6 Å². The van der Waals surface area contributed by atoms with Crippen molar-refractivity contribution in [2.75, 3.05) is 7.11 Å². The van der Waals surface area contributed by atoms with E-state index in [9.17, 15) is 8.42 Å². The number of hydrogen-bond donors (Lipinski definition) is 1. The predicted molar refractivity (Wildman–Crippen MR) is 63.3 cm³/mol. The van der Waals surface area contributed by atoms with Crippen LogP contribution in [0.2, 0.25) is 0 Å². The van der Waals surface area contributed by atoms with Crippen LogP contribution in [0, 0.1) is 0 Å². The van der Waals surface area contributed by atoms with E-state index in [1.807, 2.05) is 6.07 Å². The molecular formula is C10H10ClNO3S. The van der Waals surface area contributed by atoms with Crippen molar-refractivity contribution in [2.45, 2.75) is 5.75 Å². The molecular weight excluding hydrogens is 250 g/mol. The summed E-state index contributed by atoms with van der Waals surface area (Å²) in [6.07, 6.45) is 1.77. The van der Waals surface area contributed by atoms with Crippen molar-refractivity contribution in [3.63, 3.8) is 0 Å². The Kier molecular flexibility index (Phi) is 2.82. The second-order valence-electron chi connectivity index (χ2n) is 3.42. The molecule has 0 unspecified atom stereocenters. The van der Waals surface area contributed by atoms with E-state index in [2.05, 4.69) is 4.98 Å². The van der Waals surface area contributed by atoms with Crippen LogP contribution in [0.5, 0.6) is 5.75 Å². The summed E-state index contributed by atoms with van der Waals surface area (Å²) < 4.78 is 27.2. The number of benzene rings is 1. The molecule has 0 fully saturated rings. The van der Waals surface area contributed by atoms with Gasteiger partial charge in [-0.15, -0.1) is 0 Å². The lowest BCUT2D eigenvalue weighted by molar-refractivity contribution is 0.419. The number of aromatic nitrogens is 1. The summed E-state index contributed by atoms with van der Waals surface area (Å²) in [5.74, 6) is 0.425. The van der Waals surface area contributed by atoms with Crippen LogP contribution in [0.3, 0.4) is 0 Å². The first-order valence-electron chi connectivity index (χ1n) is 4.56. The molecule has 1 N–H and O–H groups in total. The second kappa shape index (κ2) is 3.99. The molecule has 0 radical (unpaired) electrons. The fourth-order valence-corrected chi connectivity index (χ4v) is 2.58. The number of methoxy groups -OCH3 is 1. The molecule has 16 heavy (non-hydrogen) atoms. The van der Waals surface area contributed by atoms with Gasteiger partial charge in [0.1, 0.15) is 5.75 Å². The number of halogens is 1. The average molecular weight is 260 g/mol. The Hall–Kier alpha value is -1.20. The lowest BCUT2D eigenvalue weighted by Gasteiger charge is -2.05. The minimum absolute atomic E-state index is 0.208. The van der Waals surface area contributed by atoms with E-state index in [4.69, 9.17) is 15.4 Å². The standard InChI is InChI=1S/C10H10ClNO3S/c1-15-10-5-7(6-16(11,13)14)4-9-8(10)2-3-12-9/h2-5,12H,6H2,1H3. The first-order chi connectivity index (χ1) is 7.49. The quantitative estimate of drug-likeness (QED) is 0.860. The monoisotopic (exact) mass is 259 g/mol. The van der Waals surface area contributed by atoms with Crippen LogP contribution >= 0.6 is 10.7 Å². The maximum Gasteiger partial charge on any atom is 0.236 e. The number of aromatic amines is 1. The molecule has 2 rings (SSSR count). The molecule has 0 saturated heterocycles. The summed E-state index contributed by atoms with van der Waals surface area (Å²) >= 11 is 0. The Morgan fingerprint density at radius 2 is 2.19 bits per heavy atom. The lowest BCUT2D eigenvalue weighted by atomic mass is 10.1. The number of rotatable bonds is 3. The van der Waals surface area contributed by atoms with E-state index in [0.29, 0.717) is 11.3 Å². The minimum atomic E-state index is -3.55. The summed E-state index contributed by atoms with van der Waals surface area (Å²) in [6, 6.07) is 5.29. The highest BCUT2D eigenvalue weighted by atomic mass is 35.7. The molecule has 0 spiro atoms. The van der Waals surface area contributed by atoms with Crippen molar-refractivity contribution in [3.05, 3.63) is 30.0 Å². The lowest BCUT2D eigenvalue weighted by Crippen LogP contribution is -1.96. The van der Waals surface area contributed by atoms with Gasteiger partial charge >= 0.3 is 0 Å². The normalized spacial score (nSPS) is 11.9. The summed E-state index contributed by atoms with van der Waals surface area (Å²) in [5, 5.41) is 0.915. The summed E-state index contributed by atoms with van der Waals surface area (Å²) in [7, 11) is 3.20. The molecule has 0 saturated carbocycles. The highest BCUT2D eigenvalue weighted by Gasteiger charge is 2.11. The summed E-state index contributed by atoms with van der Waals surface area (Å²) in [4.78, 5) is 3.00. The molecule has 86 valence electrons. The Labute approximate surface area is 97.6 Å². The van der Waals surface area contributed by atoms with Gasteiger partial charge in [-0.1, -0.05) is 0 Å². The van der Waals surface area contributed by atoms with Crippen molar-refractivity contribution in [2.24, 2.45) is 0 Å². The molecule has 0 bridgehead atoms. The smallest absolute Gasteiger partial charge is 0.236 e. The molecule has 0 aliphatic rings. The van der Waals surface area contributed by atoms with Gasteiger partial charge in [0.05, 0.1) is 12.9 Å². The largest absolute Gasteiger partial charge is 0.496 e. The van der Waals surface area contributed by atoms with Crippen LogP contribution in [0.15, 0.2) is 24.4 Å². The molecule has 1 aromatic carbocycles. The third-order valence-electron chi connectivity index (χ3n) is 2.25. The predicted octanol–water partition coefficient (Wildman–Crippen LogP) is 2.25. The SMILES string of the molecule is COc1cc(CS(=O)(=O)Cl)cc2[nH]ccc12. The van der Waals surface area contributed by atoms with Gasteiger partial charge in [-0.3, -0.25) is 0 Å². The Balaban J connectivity index is 2.55. The van der Waals surface area contributed by atoms with Gasteiger partial charge in [-0.05, 0) is 23.8 Å². The van der Waals surface area contributed by atoms with E-state index in [-0.39, 0.29) is 5.75 Å². The van der Waals surface area contributed by atoms with Crippen molar-refractivity contribution in [1.29, 1.82) is 0 Å². The molecule has 0 atom stereocenters. The zero-order valence-electron chi connectivity index (χ0n) is 8.53. The summed E-state index contributed by atoms with van der Waals surface area (Å²) in [5.41, 5.74) is 1.43. The van der Waals surface area contributed by atoms with E-state index in [0.717, 1.165) is 10.9 Å². The molecule has 1 aromatic heterocycles. The molecule has 2 aromatic rings. The molecule has 6 heteroatoms. The van der Waals surface area contributed by atoms with E-state index < -0.39 is 9.05 Å². The van der Waals surface area contributed by atoms with Gasteiger partial charge in [0, 0.05) is 27.8 Å². The third kappa shape index (κ3) is 2.31. The van der Waals surface area contributed by atoms with Crippen LogP contribution in [-0.2, 0) is 14.8 Å². The van der Waals surface area contributed by atoms with Crippen LogP contribution < -0.4 is 4.74 Å². The van der Waals surface area contributed by atoms with Crippen LogP contribution in [-0.4, -0.2) is 20.5 Å². The van der Waals surface area contributed by atoms with Gasteiger partial charge in [0.25, 0.3) is 0 Å². The fourth-order valence-electron chi connectivity index (χ4n) is 1.64. The van der Waals surface area contributed by atoms with Gasteiger partial charge in [0.2, 0.25) is 9.05 Å². The average Bonchev–Trinajstić information content (AvgIpc) is 2.61. The highest BCUT2D eigenvalue weighted by molar-refractivity contribution is 8.13. The highest BCUT2D eigenvalue weighted by Crippen LogP contribution is 2.27. The molecule has 1 heterocycles.